The van der Waals surface area contributed by atoms with Crippen molar-refractivity contribution in [3.63, 3.8) is 0 Å². The summed E-state index contributed by atoms with van der Waals surface area (Å²) in [6, 6.07) is 16.2. The highest BCUT2D eigenvalue weighted by Crippen LogP contribution is 2.29. The number of carbonyl (C=O) groups excluding carboxylic acids is 2. The first-order valence-corrected chi connectivity index (χ1v) is 17.8. The van der Waals surface area contributed by atoms with Crippen LogP contribution in [0, 0.1) is 5.92 Å². The Bertz CT molecular complexity index is 1540. The Morgan fingerprint density at radius 1 is 1.09 bits per heavy atom. The van der Waals surface area contributed by atoms with E-state index in [1.54, 1.807) is 59.7 Å². The van der Waals surface area contributed by atoms with Gasteiger partial charge in [-0.05, 0) is 74.9 Å². The van der Waals surface area contributed by atoms with Crippen molar-refractivity contribution in [1.29, 1.82) is 0 Å². The van der Waals surface area contributed by atoms with Crippen molar-refractivity contribution in [3.05, 3.63) is 71.6 Å². The Hall–Kier alpha value is -3.49. The highest BCUT2D eigenvalue weighted by molar-refractivity contribution is 7.91. The van der Waals surface area contributed by atoms with Crippen molar-refractivity contribution in [2.75, 3.05) is 44.0 Å². The smallest absolute Gasteiger partial charge is 0.323 e. The van der Waals surface area contributed by atoms with Gasteiger partial charge in [0, 0.05) is 44.0 Å². The number of amides is 3. The lowest BCUT2D eigenvalue weighted by Crippen LogP contribution is -2.48. The summed E-state index contributed by atoms with van der Waals surface area (Å²) in [6.45, 7) is 6.00. The molecule has 1 aromatic heterocycles. The lowest BCUT2D eigenvalue weighted by molar-refractivity contribution is -0.00832. The maximum atomic E-state index is 14.3. The number of likely N-dealkylation sites (N-methyl/N-ethyl adjacent to an activating group) is 1. The minimum Gasteiger partial charge on any atom is -0.490 e. The summed E-state index contributed by atoms with van der Waals surface area (Å²) in [7, 11) is -2.18. The zero-order valence-corrected chi connectivity index (χ0v) is 28.4. The van der Waals surface area contributed by atoms with E-state index in [0.29, 0.717) is 30.2 Å². The molecule has 0 unspecified atom stereocenters. The SMILES string of the molecule is C[C@@H]1CN([C@H](C)CO)C(=O)c2cc(NC(=O)Nc3ccccc3)ccc2O[C@@H](C)CCCCO[C@H]1CN(C)S(=O)(=O)c1cccs1. The zero-order chi connectivity index (χ0) is 33.3. The number of urea groups is 1. The number of sulfonamides is 1. The predicted octanol–water partition coefficient (Wildman–Crippen LogP) is 5.51. The fourth-order valence-corrected chi connectivity index (χ4v) is 7.58. The monoisotopic (exact) mass is 672 g/mol. The van der Waals surface area contributed by atoms with E-state index >= 15 is 0 Å². The number of carbonyl (C=O) groups is 2. The number of benzene rings is 2. The average molecular weight is 673 g/mol. The summed E-state index contributed by atoms with van der Waals surface area (Å²) in [5.74, 6) is -0.317. The zero-order valence-electron chi connectivity index (χ0n) is 26.7. The highest BCUT2D eigenvalue weighted by atomic mass is 32.2. The molecule has 0 radical (unpaired) electrons. The first-order valence-electron chi connectivity index (χ1n) is 15.5. The number of aliphatic hydroxyl groups excluding tert-OH is 1. The van der Waals surface area contributed by atoms with Crippen LogP contribution in [0.5, 0.6) is 5.75 Å². The lowest BCUT2D eigenvalue weighted by Gasteiger charge is -2.35. The minimum absolute atomic E-state index is 0.0949. The van der Waals surface area contributed by atoms with Crippen molar-refractivity contribution >= 4 is 44.7 Å². The van der Waals surface area contributed by atoms with Crippen LogP contribution in [0.2, 0.25) is 0 Å². The Morgan fingerprint density at radius 3 is 2.52 bits per heavy atom. The van der Waals surface area contributed by atoms with Crippen molar-refractivity contribution < 1.29 is 32.6 Å². The van der Waals surface area contributed by atoms with Crippen molar-refractivity contribution in [2.24, 2.45) is 5.92 Å². The molecular weight excluding hydrogens is 629 g/mol. The van der Waals surface area contributed by atoms with Gasteiger partial charge in [-0.2, -0.15) is 4.31 Å². The van der Waals surface area contributed by atoms with Gasteiger partial charge in [-0.25, -0.2) is 13.2 Å². The molecular formula is C33H44N4O7S2. The second-order valence-electron chi connectivity index (χ2n) is 11.7. The van der Waals surface area contributed by atoms with Gasteiger partial charge < -0.3 is 30.1 Å². The van der Waals surface area contributed by atoms with E-state index in [-0.39, 0.29) is 41.5 Å². The molecule has 0 spiro atoms. The lowest BCUT2D eigenvalue weighted by atomic mass is 10.0. The number of hydrogen-bond acceptors (Lipinski definition) is 8. The third kappa shape index (κ3) is 9.29. The normalized spacial score (nSPS) is 20.7. The second kappa shape index (κ2) is 16.4. The maximum Gasteiger partial charge on any atom is 0.323 e. The van der Waals surface area contributed by atoms with Crippen LogP contribution in [0.3, 0.4) is 0 Å². The Balaban J connectivity index is 1.62. The van der Waals surface area contributed by atoms with Gasteiger partial charge >= 0.3 is 6.03 Å². The third-order valence-corrected chi connectivity index (χ3v) is 11.1. The number of ether oxygens (including phenoxy) is 2. The van der Waals surface area contributed by atoms with E-state index in [1.807, 2.05) is 32.0 Å². The number of nitrogens with one attached hydrogen (secondary N) is 2. The minimum atomic E-state index is -3.71. The van der Waals surface area contributed by atoms with Gasteiger partial charge in [0.05, 0.1) is 30.4 Å². The molecule has 3 amide bonds. The van der Waals surface area contributed by atoms with Gasteiger partial charge in [0.2, 0.25) is 0 Å². The molecule has 0 bridgehead atoms. The molecule has 2 aromatic carbocycles. The van der Waals surface area contributed by atoms with Crippen LogP contribution in [0.25, 0.3) is 0 Å². The summed E-state index contributed by atoms with van der Waals surface area (Å²) in [5.41, 5.74) is 1.25. The summed E-state index contributed by atoms with van der Waals surface area (Å²) in [6.07, 6.45) is 1.53. The van der Waals surface area contributed by atoms with E-state index < -0.39 is 34.1 Å². The third-order valence-electron chi connectivity index (χ3n) is 7.94. The van der Waals surface area contributed by atoms with E-state index in [9.17, 15) is 23.1 Å². The van der Waals surface area contributed by atoms with Gasteiger partial charge in [0.15, 0.2) is 0 Å². The molecule has 1 aliphatic rings. The van der Waals surface area contributed by atoms with Gasteiger partial charge in [0.1, 0.15) is 9.96 Å². The van der Waals surface area contributed by atoms with E-state index in [1.165, 1.54) is 11.4 Å². The molecule has 0 saturated carbocycles. The average Bonchev–Trinajstić information content (AvgIpc) is 3.59. The van der Waals surface area contributed by atoms with Crippen LogP contribution in [0.15, 0.2) is 70.3 Å². The number of nitrogens with zero attached hydrogens (tertiary/aromatic N) is 2. The molecule has 0 aliphatic carbocycles. The van der Waals surface area contributed by atoms with E-state index in [0.717, 1.165) is 24.2 Å². The number of rotatable bonds is 8. The number of para-hydroxylation sites is 1. The van der Waals surface area contributed by atoms with Crippen molar-refractivity contribution in [3.8, 4) is 5.75 Å². The highest BCUT2D eigenvalue weighted by Gasteiger charge is 2.32. The Labute approximate surface area is 275 Å². The van der Waals surface area contributed by atoms with E-state index in [4.69, 9.17) is 9.47 Å². The number of fused-ring (bicyclic) bond motifs is 1. The Morgan fingerprint density at radius 2 is 1.83 bits per heavy atom. The molecule has 3 N–H and O–H groups in total. The fraction of sp³-hybridized carbons (Fsp3) is 0.455. The molecule has 46 heavy (non-hydrogen) atoms. The summed E-state index contributed by atoms with van der Waals surface area (Å²) >= 11 is 1.16. The van der Waals surface area contributed by atoms with Crippen LogP contribution in [-0.2, 0) is 14.8 Å². The summed E-state index contributed by atoms with van der Waals surface area (Å²) in [4.78, 5) is 28.6. The molecule has 0 fully saturated rings. The molecule has 250 valence electrons. The van der Waals surface area contributed by atoms with Crippen LogP contribution >= 0.6 is 11.3 Å². The number of anilines is 2. The van der Waals surface area contributed by atoms with Crippen molar-refractivity contribution in [1.82, 2.24) is 9.21 Å². The topological polar surface area (TPSA) is 138 Å². The quantitative estimate of drug-likeness (QED) is 0.287. The largest absolute Gasteiger partial charge is 0.490 e. The fourth-order valence-electron chi connectivity index (χ4n) is 5.19. The maximum absolute atomic E-state index is 14.3. The van der Waals surface area contributed by atoms with Crippen molar-refractivity contribution in [2.45, 2.75) is 62.5 Å². The molecule has 4 atom stereocenters. The Kier molecular flexibility index (Phi) is 12.6. The second-order valence-corrected chi connectivity index (χ2v) is 14.9. The van der Waals surface area contributed by atoms with Crippen LogP contribution in [0.1, 0.15) is 50.4 Å². The van der Waals surface area contributed by atoms with Crippen LogP contribution < -0.4 is 15.4 Å². The van der Waals surface area contributed by atoms with Gasteiger partial charge in [0.25, 0.3) is 15.9 Å². The number of thiophene rings is 1. The number of hydrogen-bond donors (Lipinski definition) is 3. The molecule has 11 nitrogen and oxygen atoms in total. The molecule has 0 saturated heterocycles. The number of aliphatic hydroxyl groups is 1. The van der Waals surface area contributed by atoms with Gasteiger partial charge in [-0.3, -0.25) is 4.79 Å². The molecule has 1 aliphatic heterocycles. The first kappa shape index (κ1) is 35.4. The molecule has 13 heteroatoms. The van der Waals surface area contributed by atoms with Gasteiger partial charge in [-0.15, -0.1) is 11.3 Å². The molecule has 3 aromatic rings. The van der Waals surface area contributed by atoms with E-state index in [2.05, 4.69) is 10.6 Å². The first-order chi connectivity index (χ1) is 22.0. The summed E-state index contributed by atoms with van der Waals surface area (Å²) in [5, 5.41) is 17.5. The standard InChI is InChI=1S/C33H44N4O7S2/c1-23-20-37(24(2)22-38)32(39)28-19-27(35-33(40)34-26-12-6-5-7-13-26)15-16-29(28)44-25(3)11-8-9-17-43-30(23)21-36(4)46(41,42)31-14-10-18-45-31/h5-7,10,12-16,18-19,23-25,30,38H,8-9,11,17,20-22H2,1-4H3,(H2,34,35,40)/t23-,24-,25+,30+/m1/s1. The van der Waals surface area contributed by atoms with Crippen LogP contribution in [-0.4, -0.2) is 86.3 Å². The van der Waals surface area contributed by atoms with Gasteiger partial charge in [-0.1, -0.05) is 31.2 Å². The summed E-state index contributed by atoms with van der Waals surface area (Å²) < 4.78 is 40.5. The van der Waals surface area contributed by atoms with Crippen LogP contribution in [0.4, 0.5) is 16.2 Å². The predicted molar refractivity (Wildman–Crippen MR) is 180 cm³/mol. The molecule has 4 rings (SSSR count). The molecule has 2 heterocycles.